The summed E-state index contributed by atoms with van der Waals surface area (Å²) in [5.74, 6) is -0.751. The summed E-state index contributed by atoms with van der Waals surface area (Å²) in [6, 6.07) is 12.9. The van der Waals surface area contributed by atoms with Crippen LogP contribution in [-0.2, 0) is 10.0 Å². The van der Waals surface area contributed by atoms with Crippen LogP contribution in [0, 0.1) is 5.82 Å². The monoisotopic (exact) mass is 498 g/mol. The summed E-state index contributed by atoms with van der Waals surface area (Å²) in [5.41, 5.74) is 10.0. The summed E-state index contributed by atoms with van der Waals surface area (Å²) in [6.45, 7) is 3.89. The molecule has 0 atom stereocenters. The standard InChI is InChI=1S/C26H31FN4O3S/c1-3-13-35(32,33)30-24-16-19(15-23(27)25(24)34-2)22-14-20(17-29-26(22)28)18-7-9-21(10-8-18)31-11-5-4-6-12-31/h7-10,14-17,30H,3-6,11-13H2,1-2H3,(H2,28,29). The molecule has 2 heterocycles. The summed E-state index contributed by atoms with van der Waals surface area (Å²) < 4.78 is 47.2. The first kappa shape index (κ1) is 24.8. The highest BCUT2D eigenvalue weighted by molar-refractivity contribution is 7.92. The van der Waals surface area contributed by atoms with E-state index in [0.29, 0.717) is 17.5 Å². The van der Waals surface area contributed by atoms with Gasteiger partial charge in [0.25, 0.3) is 0 Å². The highest BCUT2D eigenvalue weighted by Gasteiger charge is 2.19. The van der Waals surface area contributed by atoms with Gasteiger partial charge in [-0.05, 0) is 67.1 Å². The molecule has 0 bridgehead atoms. The molecule has 1 fully saturated rings. The summed E-state index contributed by atoms with van der Waals surface area (Å²) in [4.78, 5) is 6.72. The van der Waals surface area contributed by atoms with Gasteiger partial charge >= 0.3 is 0 Å². The number of nitrogens with one attached hydrogen (secondary N) is 1. The van der Waals surface area contributed by atoms with Crippen LogP contribution in [0.3, 0.4) is 0 Å². The van der Waals surface area contributed by atoms with E-state index in [4.69, 9.17) is 10.5 Å². The second-order valence-electron chi connectivity index (χ2n) is 8.71. The molecule has 1 aromatic heterocycles. The number of benzene rings is 2. The Bertz CT molecular complexity index is 1290. The van der Waals surface area contributed by atoms with Crippen molar-refractivity contribution < 1.29 is 17.5 Å². The highest BCUT2D eigenvalue weighted by Crippen LogP contribution is 2.37. The third-order valence-corrected chi connectivity index (χ3v) is 7.61. The second-order valence-corrected chi connectivity index (χ2v) is 10.6. The van der Waals surface area contributed by atoms with Crippen molar-refractivity contribution in [3.05, 3.63) is 54.5 Å². The Labute approximate surface area is 206 Å². The average Bonchev–Trinajstić information content (AvgIpc) is 2.84. The van der Waals surface area contributed by atoms with E-state index in [-0.39, 0.29) is 23.0 Å². The number of hydrogen-bond donors (Lipinski definition) is 2. The van der Waals surface area contributed by atoms with E-state index in [1.807, 2.05) is 18.2 Å². The quantitative estimate of drug-likeness (QED) is 0.438. The second kappa shape index (κ2) is 10.5. The van der Waals surface area contributed by atoms with Crippen molar-refractivity contribution in [3.63, 3.8) is 0 Å². The van der Waals surface area contributed by atoms with Gasteiger partial charge in [-0.1, -0.05) is 19.1 Å². The fourth-order valence-electron chi connectivity index (χ4n) is 4.40. The van der Waals surface area contributed by atoms with Crippen molar-refractivity contribution in [2.24, 2.45) is 0 Å². The van der Waals surface area contributed by atoms with Gasteiger partial charge < -0.3 is 15.4 Å². The molecule has 0 saturated carbocycles. The van der Waals surface area contributed by atoms with Crippen LogP contribution in [0.25, 0.3) is 22.3 Å². The van der Waals surface area contributed by atoms with Crippen LogP contribution in [0.1, 0.15) is 32.6 Å². The molecular weight excluding hydrogens is 467 g/mol. The molecule has 0 aliphatic carbocycles. The van der Waals surface area contributed by atoms with E-state index in [9.17, 15) is 12.8 Å². The van der Waals surface area contributed by atoms with E-state index in [0.717, 1.165) is 24.2 Å². The Balaban J connectivity index is 1.69. The minimum atomic E-state index is -3.66. The Morgan fingerprint density at radius 1 is 1.06 bits per heavy atom. The number of aromatic nitrogens is 1. The third kappa shape index (κ3) is 5.67. The zero-order chi connectivity index (χ0) is 25.0. The molecular formula is C26H31FN4O3S. The Morgan fingerprint density at radius 2 is 1.77 bits per heavy atom. The normalized spacial score (nSPS) is 14.1. The molecule has 2 aromatic carbocycles. The molecule has 35 heavy (non-hydrogen) atoms. The van der Waals surface area contributed by atoms with E-state index in [2.05, 4.69) is 26.7 Å². The predicted octanol–water partition coefficient (Wildman–Crippen LogP) is 5.29. The van der Waals surface area contributed by atoms with E-state index >= 15 is 0 Å². The highest BCUT2D eigenvalue weighted by atomic mass is 32.2. The third-order valence-electron chi connectivity index (χ3n) is 6.14. The van der Waals surface area contributed by atoms with Gasteiger partial charge in [0.05, 0.1) is 18.6 Å². The predicted molar refractivity (Wildman–Crippen MR) is 140 cm³/mol. The first-order valence-corrected chi connectivity index (χ1v) is 13.5. The minimum absolute atomic E-state index is 0.0200. The van der Waals surface area contributed by atoms with Gasteiger partial charge in [0.2, 0.25) is 10.0 Å². The molecule has 7 nitrogen and oxygen atoms in total. The van der Waals surface area contributed by atoms with Crippen molar-refractivity contribution in [2.75, 3.05) is 41.3 Å². The van der Waals surface area contributed by atoms with Gasteiger partial charge in [0.15, 0.2) is 11.6 Å². The molecule has 4 rings (SSSR count). The molecule has 0 radical (unpaired) electrons. The summed E-state index contributed by atoms with van der Waals surface area (Å²) in [6.07, 6.45) is 5.81. The van der Waals surface area contributed by atoms with Crippen LogP contribution < -0.4 is 20.1 Å². The van der Waals surface area contributed by atoms with Crippen molar-refractivity contribution in [1.29, 1.82) is 0 Å². The minimum Gasteiger partial charge on any atom is -0.492 e. The van der Waals surface area contributed by atoms with Gasteiger partial charge in [-0.25, -0.2) is 17.8 Å². The van der Waals surface area contributed by atoms with Crippen LogP contribution in [0.15, 0.2) is 48.7 Å². The Morgan fingerprint density at radius 3 is 2.43 bits per heavy atom. The molecule has 9 heteroatoms. The number of rotatable bonds is 8. The van der Waals surface area contributed by atoms with Crippen molar-refractivity contribution in [2.45, 2.75) is 32.6 Å². The number of anilines is 3. The molecule has 1 aliphatic rings. The first-order valence-electron chi connectivity index (χ1n) is 11.8. The van der Waals surface area contributed by atoms with Crippen LogP contribution in [-0.4, -0.2) is 39.4 Å². The smallest absolute Gasteiger partial charge is 0.232 e. The maximum absolute atomic E-state index is 14.9. The van der Waals surface area contributed by atoms with Gasteiger partial charge in [-0.15, -0.1) is 0 Å². The van der Waals surface area contributed by atoms with Crippen molar-refractivity contribution in [1.82, 2.24) is 4.98 Å². The molecule has 0 spiro atoms. The van der Waals surface area contributed by atoms with E-state index in [1.54, 1.807) is 13.1 Å². The molecule has 1 saturated heterocycles. The number of nitrogen functional groups attached to an aromatic ring is 1. The maximum atomic E-state index is 14.9. The Kier molecular flexibility index (Phi) is 7.45. The van der Waals surface area contributed by atoms with E-state index in [1.165, 1.54) is 44.2 Å². The molecule has 3 aromatic rings. The zero-order valence-corrected chi connectivity index (χ0v) is 20.9. The Hall–Kier alpha value is -3.33. The lowest BCUT2D eigenvalue weighted by Crippen LogP contribution is -2.29. The molecule has 0 unspecified atom stereocenters. The van der Waals surface area contributed by atoms with Crippen molar-refractivity contribution >= 4 is 27.2 Å². The fraction of sp³-hybridized carbons (Fsp3) is 0.346. The first-order chi connectivity index (χ1) is 16.8. The van der Waals surface area contributed by atoms with Crippen molar-refractivity contribution in [3.8, 4) is 28.0 Å². The largest absolute Gasteiger partial charge is 0.492 e. The van der Waals surface area contributed by atoms with Crippen LogP contribution in [0.5, 0.6) is 5.75 Å². The fourth-order valence-corrected chi connectivity index (χ4v) is 5.53. The summed E-state index contributed by atoms with van der Waals surface area (Å²) in [5, 5.41) is 0. The van der Waals surface area contributed by atoms with E-state index < -0.39 is 15.8 Å². The zero-order valence-electron chi connectivity index (χ0n) is 20.1. The lowest BCUT2D eigenvalue weighted by atomic mass is 10.00. The van der Waals surface area contributed by atoms with Crippen LogP contribution in [0.2, 0.25) is 0 Å². The number of pyridine rings is 1. The molecule has 3 N–H and O–H groups in total. The number of ether oxygens (including phenoxy) is 1. The molecule has 1 aliphatic heterocycles. The topological polar surface area (TPSA) is 97.6 Å². The summed E-state index contributed by atoms with van der Waals surface area (Å²) in [7, 11) is -2.36. The maximum Gasteiger partial charge on any atom is 0.232 e. The lowest BCUT2D eigenvalue weighted by Gasteiger charge is -2.28. The summed E-state index contributed by atoms with van der Waals surface area (Å²) >= 11 is 0. The van der Waals surface area contributed by atoms with Gasteiger partial charge in [0, 0.05) is 36.1 Å². The van der Waals surface area contributed by atoms with Crippen LogP contribution >= 0.6 is 0 Å². The SMILES string of the molecule is CCCS(=O)(=O)Nc1cc(-c2cc(-c3ccc(N4CCCCC4)cc3)cnc2N)cc(F)c1OC. The van der Waals surface area contributed by atoms with Gasteiger partial charge in [0.1, 0.15) is 5.82 Å². The number of hydrogen-bond acceptors (Lipinski definition) is 6. The number of halogens is 1. The van der Waals surface area contributed by atoms with Gasteiger partial charge in [-0.2, -0.15) is 0 Å². The number of sulfonamides is 1. The number of nitrogens with two attached hydrogens (primary N) is 1. The van der Waals surface area contributed by atoms with Crippen LogP contribution in [0.4, 0.5) is 21.6 Å². The lowest BCUT2D eigenvalue weighted by molar-refractivity contribution is 0.389. The number of nitrogens with zero attached hydrogens (tertiary/aromatic N) is 2. The van der Waals surface area contributed by atoms with Gasteiger partial charge in [-0.3, -0.25) is 4.72 Å². The molecule has 0 amide bonds. The number of methoxy groups -OCH3 is 1. The number of piperidine rings is 1. The molecule has 186 valence electrons. The average molecular weight is 499 g/mol.